The van der Waals surface area contributed by atoms with Gasteiger partial charge in [-0.15, -0.1) is 0 Å². The van der Waals surface area contributed by atoms with E-state index in [4.69, 9.17) is 0 Å². The highest BCUT2D eigenvalue weighted by Gasteiger charge is 2.29. The van der Waals surface area contributed by atoms with Crippen LogP contribution in [0.2, 0.25) is 0 Å². The number of rotatable bonds is 7. The SMILES string of the molecule is CCCC(C)(O)CNS(=O)(=O)CC1CC1. The van der Waals surface area contributed by atoms with E-state index in [1.807, 2.05) is 6.92 Å². The van der Waals surface area contributed by atoms with E-state index >= 15 is 0 Å². The molecule has 1 atom stereocenters. The molecule has 0 heterocycles. The average Bonchev–Trinajstić information content (AvgIpc) is 2.85. The van der Waals surface area contributed by atoms with Crippen LogP contribution in [0.4, 0.5) is 0 Å². The number of nitrogens with one attached hydrogen (secondary N) is 1. The van der Waals surface area contributed by atoms with Crippen molar-refractivity contribution in [3.63, 3.8) is 0 Å². The number of sulfonamides is 1. The van der Waals surface area contributed by atoms with E-state index in [1.54, 1.807) is 6.92 Å². The van der Waals surface area contributed by atoms with Gasteiger partial charge in [0.2, 0.25) is 10.0 Å². The minimum Gasteiger partial charge on any atom is -0.389 e. The predicted octanol–water partition coefficient (Wildman–Crippen LogP) is 0.867. The quantitative estimate of drug-likeness (QED) is 0.688. The van der Waals surface area contributed by atoms with E-state index in [-0.39, 0.29) is 12.3 Å². The summed E-state index contributed by atoms with van der Waals surface area (Å²) in [6.07, 6.45) is 3.49. The van der Waals surface area contributed by atoms with Crippen molar-refractivity contribution >= 4 is 10.0 Å². The molecule has 1 rings (SSSR count). The Morgan fingerprint density at radius 3 is 2.53 bits per heavy atom. The minimum atomic E-state index is -3.18. The van der Waals surface area contributed by atoms with Crippen LogP contribution in [0.15, 0.2) is 0 Å². The molecule has 5 heteroatoms. The van der Waals surface area contributed by atoms with Gasteiger partial charge in [0.25, 0.3) is 0 Å². The van der Waals surface area contributed by atoms with Crippen LogP contribution < -0.4 is 4.72 Å². The molecule has 1 aliphatic carbocycles. The molecule has 1 unspecified atom stereocenters. The molecular formula is C10H21NO3S. The van der Waals surface area contributed by atoms with Crippen LogP contribution in [-0.4, -0.2) is 31.4 Å². The van der Waals surface area contributed by atoms with Crippen LogP contribution >= 0.6 is 0 Å². The van der Waals surface area contributed by atoms with Crippen LogP contribution in [0.3, 0.4) is 0 Å². The normalized spacial score (nSPS) is 21.3. The van der Waals surface area contributed by atoms with Gasteiger partial charge < -0.3 is 5.11 Å². The lowest BCUT2D eigenvalue weighted by Crippen LogP contribution is -2.41. The first-order chi connectivity index (χ1) is 6.85. The van der Waals surface area contributed by atoms with Gasteiger partial charge in [0.15, 0.2) is 0 Å². The molecule has 0 amide bonds. The summed E-state index contributed by atoms with van der Waals surface area (Å²) in [4.78, 5) is 0. The molecular weight excluding hydrogens is 214 g/mol. The van der Waals surface area contributed by atoms with Crippen molar-refractivity contribution in [1.29, 1.82) is 0 Å². The van der Waals surface area contributed by atoms with Crippen LogP contribution in [0.5, 0.6) is 0 Å². The van der Waals surface area contributed by atoms with Crippen LogP contribution in [0, 0.1) is 5.92 Å². The molecule has 15 heavy (non-hydrogen) atoms. The molecule has 0 aliphatic heterocycles. The molecule has 0 bridgehead atoms. The predicted molar refractivity (Wildman–Crippen MR) is 60.0 cm³/mol. The van der Waals surface area contributed by atoms with Crippen molar-refractivity contribution in [3.8, 4) is 0 Å². The van der Waals surface area contributed by atoms with Gasteiger partial charge >= 0.3 is 0 Å². The molecule has 0 saturated heterocycles. The molecule has 90 valence electrons. The summed E-state index contributed by atoms with van der Waals surface area (Å²) < 4.78 is 25.5. The summed E-state index contributed by atoms with van der Waals surface area (Å²) in [6.45, 7) is 3.75. The zero-order valence-electron chi connectivity index (χ0n) is 9.49. The van der Waals surface area contributed by atoms with Gasteiger partial charge in [0.1, 0.15) is 0 Å². The first kappa shape index (κ1) is 12.9. The summed E-state index contributed by atoms with van der Waals surface area (Å²) in [7, 11) is -3.18. The number of hydrogen-bond acceptors (Lipinski definition) is 3. The maximum atomic E-state index is 11.5. The lowest BCUT2D eigenvalue weighted by Gasteiger charge is -2.22. The van der Waals surface area contributed by atoms with Gasteiger partial charge in [-0.05, 0) is 32.1 Å². The highest BCUT2D eigenvalue weighted by molar-refractivity contribution is 7.89. The van der Waals surface area contributed by atoms with Crippen molar-refractivity contribution in [1.82, 2.24) is 4.72 Å². The van der Waals surface area contributed by atoms with Crippen LogP contribution in [0.25, 0.3) is 0 Å². The Morgan fingerprint density at radius 1 is 1.47 bits per heavy atom. The number of hydrogen-bond donors (Lipinski definition) is 2. The molecule has 0 aromatic rings. The van der Waals surface area contributed by atoms with Gasteiger partial charge in [0.05, 0.1) is 11.4 Å². The van der Waals surface area contributed by atoms with Crippen molar-refractivity contribution < 1.29 is 13.5 Å². The van der Waals surface area contributed by atoms with Crippen molar-refractivity contribution in [2.75, 3.05) is 12.3 Å². The Labute approximate surface area is 92.1 Å². The zero-order valence-corrected chi connectivity index (χ0v) is 10.3. The lowest BCUT2D eigenvalue weighted by atomic mass is 10.0. The van der Waals surface area contributed by atoms with E-state index in [1.165, 1.54) is 0 Å². The smallest absolute Gasteiger partial charge is 0.211 e. The minimum absolute atomic E-state index is 0.121. The third-order valence-corrected chi connectivity index (χ3v) is 4.11. The second-order valence-electron chi connectivity index (χ2n) is 4.79. The summed E-state index contributed by atoms with van der Waals surface area (Å²) in [5.74, 6) is 0.563. The summed E-state index contributed by atoms with van der Waals surface area (Å²) in [6, 6.07) is 0. The fourth-order valence-electron chi connectivity index (χ4n) is 1.55. The number of aliphatic hydroxyl groups is 1. The van der Waals surface area contributed by atoms with Crippen molar-refractivity contribution in [2.45, 2.75) is 45.1 Å². The Morgan fingerprint density at radius 2 is 2.07 bits per heavy atom. The summed E-state index contributed by atoms with van der Waals surface area (Å²) in [5.41, 5.74) is -0.925. The van der Waals surface area contributed by atoms with E-state index in [9.17, 15) is 13.5 Å². The molecule has 1 aliphatic rings. The topological polar surface area (TPSA) is 66.4 Å². The molecule has 0 radical (unpaired) electrons. The zero-order chi connectivity index (χ0) is 11.5. The van der Waals surface area contributed by atoms with E-state index in [2.05, 4.69) is 4.72 Å². The summed E-state index contributed by atoms with van der Waals surface area (Å²) in [5, 5.41) is 9.80. The maximum Gasteiger partial charge on any atom is 0.211 e. The second-order valence-corrected chi connectivity index (χ2v) is 6.64. The van der Waals surface area contributed by atoms with Gasteiger partial charge in [-0.2, -0.15) is 0 Å². The first-order valence-corrected chi connectivity index (χ1v) is 7.19. The third kappa shape index (κ3) is 5.49. The Kier molecular flexibility index (Phi) is 4.14. The van der Waals surface area contributed by atoms with Crippen molar-refractivity contribution in [2.24, 2.45) is 5.92 Å². The Balaban J connectivity index is 2.33. The van der Waals surface area contributed by atoms with Crippen molar-refractivity contribution in [3.05, 3.63) is 0 Å². The second kappa shape index (κ2) is 4.80. The Bertz CT molecular complexity index is 294. The first-order valence-electron chi connectivity index (χ1n) is 5.54. The molecule has 0 aromatic carbocycles. The maximum absolute atomic E-state index is 11.5. The monoisotopic (exact) mass is 235 g/mol. The third-order valence-electron chi connectivity index (χ3n) is 2.61. The lowest BCUT2D eigenvalue weighted by molar-refractivity contribution is 0.0554. The highest BCUT2D eigenvalue weighted by Crippen LogP contribution is 2.30. The highest BCUT2D eigenvalue weighted by atomic mass is 32.2. The van der Waals surface area contributed by atoms with Gasteiger partial charge in [0, 0.05) is 6.54 Å². The molecule has 4 nitrogen and oxygen atoms in total. The van der Waals surface area contributed by atoms with E-state index < -0.39 is 15.6 Å². The van der Waals surface area contributed by atoms with Gasteiger partial charge in [-0.1, -0.05) is 13.3 Å². The van der Waals surface area contributed by atoms with E-state index in [0.29, 0.717) is 12.3 Å². The fourth-order valence-corrected chi connectivity index (χ4v) is 3.15. The summed E-state index contributed by atoms with van der Waals surface area (Å²) >= 11 is 0. The molecule has 0 aromatic heterocycles. The van der Waals surface area contributed by atoms with Crippen LogP contribution in [-0.2, 0) is 10.0 Å². The van der Waals surface area contributed by atoms with Gasteiger partial charge in [-0.3, -0.25) is 0 Å². The standard InChI is InChI=1S/C10H21NO3S/c1-3-6-10(2,12)8-11-15(13,14)7-9-4-5-9/h9,11-12H,3-8H2,1-2H3. The largest absolute Gasteiger partial charge is 0.389 e. The molecule has 1 saturated carbocycles. The molecule has 1 fully saturated rings. The van der Waals surface area contributed by atoms with E-state index in [0.717, 1.165) is 19.3 Å². The fraction of sp³-hybridized carbons (Fsp3) is 1.00. The molecule has 0 spiro atoms. The average molecular weight is 235 g/mol. The Hall–Kier alpha value is -0.130. The van der Waals surface area contributed by atoms with Crippen LogP contribution in [0.1, 0.15) is 39.5 Å². The van der Waals surface area contributed by atoms with Gasteiger partial charge in [-0.25, -0.2) is 13.1 Å². The molecule has 2 N–H and O–H groups in total.